The van der Waals surface area contributed by atoms with Gasteiger partial charge in [-0.1, -0.05) is 11.6 Å². The second-order valence-corrected chi connectivity index (χ2v) is 9.23. The van der Waals surface area contributed by atoms with Gasteiger partial charge in [0.2, 0.25) is 5.95 Å². The third-order valence-corrected chi connectivity index (χ3v) is 6.62. The van der Waals surface area contributed by atoms with Crippen molar-refractivity contribution in [3.05, 3.63) is 34.6 Å². The normalized spacial score (nSPS) is 16.2. The highest BCUT2D eigenvalue weighted by atomic mass is 35.5. The highest BCUT2D eigenvalue weighted by Crippen LogP contribution is 2.37. The Balaban J connectivity index is 1.42. The van der Waals surface area contributed by atoms with Crippen LogP contribution in [0.15, 0.2) is 18.3 Å². The number of anilines is 4. The Morgan fingerprint density at radius 2 is 1.89 bits per heavy atom. The van der Waals surface area contributed by atoms with Crippen LogP contribution in [-0.2, 0) is 0 Å². The molecule has 186 valence electrons. The number of halogens is 3. The Morgan fingerprint density at radius 1 is 1.11 bits per heavy atom. The quantitative estimate of drug-likeness (QED) is 0.414. The molecule has 1 saturated carbocycles. The minimum absolute atomic E-state index is 0.00722. The van der Waals surface area contributed by atoms with Crippen LogP contribution in [0, 0.1) is 22.7 Å². The number of piperidine rings is 1. The molecule has 1 aliphatic heterocycles. The highest BCUT2D eigenvalue weighted by molar-refractivity contribution is 6.36. The van der Waals surface area contributed by atoms with Crippen molar-refractivity contribution in [2.24, 2.45) is 0 Å². The maximum atomic E-state index is 12.5. The van der Waals surface area contributed by atoms with Crippen LogP contribution in [0.3, 0.4) is 0 Å². The average molecular weight is 513 g/mol. The van der Waals surface area contributed by atoms with Crippen molar-refractivity contribution in [2.75, 3.05) is 35.2 Å². The second kappa shape index (κ2) is 10.1. The standard InChI is InChI=1S/C23H23ClF2N10/c24-20-17(7-13(9-27)8-18(20)35-5-3-14(4-6-35)29-12-19(25)26)32-23-33-21(31-15-1-2-15)22-30-11-16(10-28)36(22)34-23/h7-8,11,14-15,19,29H,1-6,12H2,(H2,31,32,33,34). The van der Waals surface area contributed by atoms with Gasteiger partial charge in [-0.05, 0) is 37.8 Å². The van der Waals surface area contributed by atoms with Crippen LogP contribution in [0.25, 0.3) is 5.65 Å². The van der Waals surface area contributed by atoms with E-state index in [2.05, 4.69) is 43.2 Å². The van der Waals surface area contributed by atoms with E-state index in [0.717, 1.165) is 12.8 Å². The molecule has 3 aromatic rings. The second-order valence-electron chi connectivity index (χ2n) is 8.85. The minimum Gasteiger partial charge on any atom is -0.370 e. The monoisotopic (exact) mass is 512 g/mol. The molecule has 2 aromatic heterocycles. The molecule has 36 heavy (non-hydrogen) atoms. The van der Waals surface area contributed by atoms with E-state index in [1.807, 2.05) is 4.90 Å². The Kier molecular flexibility index (Phi) is 6.72. The Morgan fingerprint density at radius 3 is 2.56 bits per heavy atom. The fraction of sp³-hybridized carbons (Fsp3) is 0.435. The number of imidazole rings is 1. The third-order valence-electron chi connectivity index (χ3n) is 6.22. The number of alkyl halides is 2. The molecular weight excluding hydrogens is 490 g/mol. The first kappa shape index (κ1) is 24.0. The van der Waals surface area contributed by atoms with Crippen molar-refractivity contribution in [1.29, 1.82) is 10.5 Å². The summed E-state index contributed by atoms with van der Waals surface area (Å²) in [4.78, 5) is 10.9. The van der Waals surface area contributed by atoms with Crippen molar-refractivity contribution in [1.82, 2.24) is 24.9 Å². The van der Waals surface area contributed by atoms with Gasteiger partial charge in [-0.2, -0.15) is 20.0 Å². The van der Waals surface area contributed by atoms with Gasteiger partial charge in [0, 0.05) is 25.2 Å². The molecule has 0 unspecified atom stereocenters. The van der Waals surface area contributed by atoms with E-state index >= 15 is 0 Å². The fourth-order valence-electron chi connectivity index (χ4n) is 4.22. The van der Waals surface area contributed by atoms with E-state index in [1.165, 1.54) is 10.7 Å². The lowest BCUT2D eigenvalue weighted by Gasteiger charge is -2.35. The summed E-state index contributed by atoms with van der Waals surface area (Å²) in [5, 5.41) is 33.2. The molecule has 2 aliphatic rings. The lowest BCUT2D eigenvalue weighted by atomic mass is 10.0. The molecular formula is C23H23ClF2N10. The molecule has 0 atom stereocenters. The van der Waals surface area contributed by atoms with Gasteiger partial charge in [0.1, 0.15) is 6.07 Å². The fourth-order valence-corrected chi connectivity index (χ4v) is 4.50. The molecule has 1 saturated heterocycles. The van der Waals surface area contributed by atoms with E-state index < -0.39 is 6.43 Å². The zero-order chi connectivity index (χ0) is 25.2. The number of nitrogens with one attached hydrogen (secondary N) is 3. The van der Waals surface area contributed by atoms with Gasteiger partial charge in [-0.15, -0.1) is 5.10 Å². The predicted molar refractivity (Wildman–Crippen MR) is 131 cm³/mol. The maximum Gasteiger partial charge on any atom is 0.250 e. The minimum atomic E-state index is -2.38. The summed E-state index contributed by atoms with van der Waals surface area (Å²) in [6.07, 6.45) is 2.46. The zero-order valence-corrected chi connectivity index (χ0v) is 19.9. The van der Waals surface area contributed by atoms with Crippen molar-refractivity contribution in [2.45, 2.75) is 44.2 Å². The van der Waals surface area contributed by atoms with Crippen LogP contribution < -0.4 is 20.9 Å². The van der Waals surface area contributed by atoms with Crippen LogP contribution in [0.1, 0.15) is 36.9 Å². The predicted octanol–water partition coefficient (Wildman–Crippen LogP) is 3.66. The highest BCUT2D eigenvalue weighted by Gasteiger charge is 2.26. The van der Waals surface area contributed by atoms with Crippen molar-refractivity contribution < 1.29 is 8.78 Å². The molecule has 0 spiro atoms. The summed E-state index contributed by atoms with van der Waals surface area (Å²) in [5.41, 5.74) is 2.22. The topological polar surface area (TPSA) is 130 Å². The first-order valence-electron chi connectivity index (χ1n) is 11.6. The van der Waals surface area contributed by atoms with E-state index in [1.54, 1.807) is 12.1 Å². The van der Waals surface area contributed by atoms with E-state index in [0.29, 0.717) is 65.4 Å². The van der Waals surface area contributed by atoms with E-state index in [-0.39, 0.29) is 24.2 Å². The number of fused-ring (bicyclic) bond motifs is 1. The first-order chi connectivity index (χ1) is 17.4. The number of benzene rings is 1. The Labute approximate surface area is 210 Å². The summed E-state index contributed by atoms with van der Waals surface area (Å²) >= 11 is 6.78. The van der Waals surface area contributed by atoms with Crippen molar-refractivity contribution in [3.8, 4) is 12.1 Å². The van der Waals surface area contributed by atoms with E-state index in [4.69, 9.17) is 11.6 Å². The molecule has 0 bridgehead atoms. The van der Waals surface area contributed by atoms with Crippen LogP contribution in [0.2, 0.25) is 5.02 Å². The van der Waals surface area contributed by atoms with Crippen molar-refractivity contribution in [3.63, 3.8) is 0 Å². The average Bonchev–Trinajstić information content (AvgIpc) is 3.60. The molecule has 2 fully saturated rings. The van der Waals surface area contributed by atoms with Gasteiger partial charge < -0.3 is 20.9 Å². The lowest BCUT2D eigenvalue weighted by molar-refractivity contribution is 0.139. The molecule has 13 heteroatoms. The Hall–Kier alpha value is -3.74. The zero-order valence-electron chi connectivity index (χ0n) is 19.2. The van der Waals surface area contributed by atoms with Crippen LogP contribution in [-0.4, -0.2) is 57.7 Å². The summed E-state index contributed by atoms with van der Waals surface area (Å²) in [6.45, 7) is 0.886. The number of rotatable bonds is 8. The van der Waals surface area contributed by atoms with Crippen LogP contribution >= 0.6 is 11.6 Å². The summed E-state index contributed by atoms with van der Waals surface area (Å²) < 4.78 is 26.5. The molecule has 1 aliphatic carbocycles. The summed E-state index contributed by atoms with van der Waals surface area (Å²) in [7, 11) is 0. The first-order valence-corrected chi connectivity index (χ1v) is 12.0. The Bertz CT molecular complexity index is 1350. The van der Waals surface area contributed by atoms with Gasteiger partial charge in [0.15, 0.2) is 17.2 Å². The molecule has 3 heterocycles. The third kappa shape index (κ3) is 5.10. The summed E-state index contributed by atoms with van der Waals surface area (Å²) in [5.74, 6) is 0.695. The lowest BCUT2D eigenvalue weighted by Crippen LogP contribution is -2.44. The SMILES string of the molecule is N#Cc1cc(Nc2nc(NC3CC3)c3ncc(C#N)n3n2)c(Cl)c(N2CCC(NCC(F)F)CC2)c1. The van der Waals surface area contributed by atoms with Crippen molar-refractivity contribution >= 4 is 40.4 Å². The van der Waals surface area contributed by atoms with Gasteiger partial charge in [0.05, 0.1) is 40.8 Å². The number of nitrogens with zero attached hydrogens (tertiary/aromatic N) is 7. The molecule has 5 rings (SSSR count). The number of aromatic nitrogens is 4. The summed E-state index contributed by atoms with van der Waals surface area (Å²) in [6, 6.07) is 7.87. The van der Waals surface area contributed by atoms with Gasteiger partial charge in [0.25, 0.3) is 6.43 Å². The molecule has 10 nitrogen and oxygen atoms in total. The van der Waals surface area contributed by atoms with E-state index in [9.17, 15) is 19.3 Å². The molecule has 0 amide bonds. The maximum absolute atomic E-state index is 12.5. The van der Waals surface area contributed by atoms with Crippen LogP contribution in [0.5, 0.6) is 0 Å². The van der Waals surface area contributed by atoms with Gasteiger partial charge in [-0.25, -0.2) is 13.8 Å². The van der Waals surface area contributed by atoms with Gasteiger partial charge >= 0.3 is 0 Å². The smallest absolute Gasteiger partial charge is 0.250 e. The number of hydrogen-bond acceptors (Lipinski definition) is 9. The van der Waals surface area contributed by atoms with Crippen LogP contribution in [0.4, 0.5) is 31.9 Å². The molecule has 3 N–H and O–H groups in total. The van der Waals surface area contributed by atoms with Gasteiger partial charge in [-0.3, -0.25) is 0 Å². The molecule has 0 radical (unpaired) electrons. The number of hydrogen-bond donors (Lipinski definition) is 3. The number of nitriles is 2. The molecule has 1 aromatic carbocycles. The largest absolute Gasteiger partial charge is 0.370 e.